The summed E-state index contributed by atoms with van der Waals surface area (Å²) in [6.45, 7) is 7.60. The lowest BCUT2D eigenvalue weighted by Gasteiger charge is -2.31. The number of benzene rings is 2. The van der Waals surface area contributed by atoms with Crippen molar-refractivity contribution in [1.82, 2.24) is 19.7 Å². The molecule has 1 aliphatic rings. The van der Waals surface area contributed by atoms with E-state index in [0.717, 1.165) is 11.6 Å². The van der Waals surface area contributed by atoms with Gasteiger partial charge >= 0.3 is 0 Å². The van der Waals surface area contributed by atoms with Crippen molar-refractivity contribution in [3.63, 3.8) is 0 Å². The van der Waals surface area contributed by atoms with Crippen molar-refractivity contribution >= 4 is 11.9 Å². The van der Waals surface area contributed by atoms with Gasteiger partial charge in [-0.25, -0.2) is 13.5 Å². The Labute approximate surface area is 186 Å². The van der Waals surface area contributed by atoms with E-state index in [4.69, 9.17) is 0 Å². The normalized spacial score (nSPS) is 19.3. The maximum Gasteiger partial charge on any atom is 0.231 e. The Bertz CT molecular complexity index is 1090. The first-order valence-electron chi connectivity index (χ1n) is 10.6. The SMILES string of the molecule is CC(C)(C)N1C[C@@H](C(=O)Nc2ncnn2Cc2ccccc2)[C@H](c2ccc(F)cc2F)C1. The van der Waals surface area contributed by atoms with Gasteiger partial charge in [0.1, 0.15) is 18.0 Å². The van der Waals surface area contributed by atoms with Crippen LogP contribution in [0.25, 0.3) is 0 Å². The van der Waals surface area contributed by atoms with Crippen LogP contribution >= 0.6 is 0 Å². The average molecular weight is 440 g/mol. The van der Waals surface area contributed by atoms with Gasteiger partial charge in [-0.2, -0.15) is 10.1 Å². The van der Waals surface area contributed by atoms with Gasteiger partial charge in [-0.3, -0.25) is 15.0 Å². The van der Waals surface area contributed by atoms with Crippen LogP contribution in [0, 0.1) is 17.6 Å². The predicted molar refractivity (Wildman–Crippen MR) is 118 cm³/mol. The average Bonchev–Trinajstić information content (AvgIpc) is 3.36. The molecule has 3 aromatic rings. The zero-order chi connectivity index (χ0) is 22.9. The first-order valence-corrected chi connectivity index (χ1v) is 10.6. The molecule has 1 saturated heterocycles. The minimum absolute atomic E-state index is 0.197. The van der Waals surface area contributed by atoms with Crippen LogP contribution in [0.2, 0.25) is 0 Å². The number of halogens is 2. The third-order valence-corrected chi connectivity index (χ3v) is 5.99. The molecule has 2 heterocycles. The summed E-state index contributed by atoms with van der Waals surface area (Å²) in [5.41, 5.74) is 1.18. The highest BCUT2D eigenvalue weighted by molar-refractivity contribution is 5.92. The minimum atomic E-state index is -0.632. The van der Waals surface area contributed by atoms with Crippen molar-refractivity contribution in [3.05, 3.63) is 77.6 Å². The van der Waals surface area contributed by atoms with E-state index in [1.165, 1.54) is 18.5 Å². The van der Waals surface area contributed by atoms with E-state index in [1.807, 2.05) is 30.3 Å². The molecule has 1 N–H and O–H groups in total. The fourth-order valence-electron chi connectivity index (χ4n) is 4.17. The van der Waals surface area contributed by atoms with E-state index in [-0.39, 0.29) is 11.4 Å². The topological polar surface area (TPSA) is 63.1 Å². The molecule has 0 spiro atoms. The molecule has 0 bridgehead atoms. The number of hydrogen-bond acceptors (Lipinski definition) is 4. The zero-order valence-corrected chi connectivity index (χ0v) is 18.4. The van der Waals surface area contributed by atoms with Gasteiger partial charge in [0, 0.05) is 30.6 Å². The molecule has 0 radical (unpaired) electrons. The Morgan fingerprint density at radius 3 is 2.56 bits per heavy atom. The standard InChI is InChI=1S/C24H27F2N5O/c1-24(2,3)30-13-19(18-10-9-17(25)11-21(18)26)20(14-30)22(32)29-23-27-15-28-31(23)12-16-7-5-4-6-8-16/h4-11,15,19-20H,12-14H2,1-3H3,(H,27,28,29,32)/t19-,20+/m0/s1. The summed E-state index contributed by atoms with van der Waals surface area (Å²) in [6.07, 6.45) is 1.39. The van der Waals surface area contributed by atoms with Crippen molar-refractivity contribution < 1.29 is 13.6 Å². The Morgan fingerprint density at radius 1 is 1.12 bits per heavy atom. The Morgan fingerprint density at radius 2 is 1.88 bits per heavy atom. The van der Waals surface area contributed by atoms with Crippen LogP contribution in [-0.2, 0) is 11.3 Å². The van der Waals surface area contributed by atoms with Crippen LogP contribution in [0.4, 0.5) is 14.7 Å². The fourth-order valence-corrected chi connectivity index (χ4v) is 4.17. The maximum absolute atomic E-state index is 14.6. The van der Waals surface area contributed by atoms with Gasteiger partial charge in [0.2, 0.25) is 11.9 Å². The van der Waals surface area contributed by atoms with E-state index in [1.54, 1.807) is 4.68 Å². The number of anilines is 1. The number of hydrogen-bond donors (Lipinski definition) is 1. The summed E-state index contributed by atoms with van der Waals surface area (Å²) in [5, 5.41) is 7.11. The highest BCUT2D eigenvalue weighted by Gasteiger charge is 2.43. The van der Waals surface area contributed by atoms with Crippen molar-refractivity contribution in [2.45, 2.75) is 38.8 Å². The number of aromatic nitrogens is 3. The molecule has 1 aliphatic heterocycles. The predicted octanol–water partition coefficient (Wildman–Crippen LogP) is 4.06. The lowest BCUT2D eigenvalue weighted by Crippen LogP contribution is -2.40. The molecule has 1 fully saturated rings. The van der Waals surface area contributed by atoms with Gasteiger partial charge in [-0.05, 0) is 38.0 Å². The van der Waals surface area contributed by atoms with Gasteiger partial charge in [0.25, 0.3) is 0 Å². The van der Waals surface area contributed by atoms with Crippen LogP contribution in [-0.4, -0.2) is 44.2 Å². The Kier molecular flexibility index (Phi) is 6.06. The Hall–Kier alpha value is -3.13. The van der Waals surface area contributed by atoms with E-state index in [9.17, 15) is 13.6 Å². The molecule has 0 unspecified atom stereocenters. The molecule has 8 heteroatoms. The summed E-state index contributed by atoms with van der Waals surface area (Å²) < 4.78 is 29.7. The van der Waals surface area contributed by atoms with E-state index in [0.29, 0.717) is 31.1 Å². The van der Waals surface area contributed by atoms with Gasteiger partial charge < -0.3 is 0 Å². The number of likely N-dealkylation sites (tertiary alicyclic amines) is 1. The second kappa shape index (κ2) is 8.78. The monoisotopic (exact) mass is 439 g/mol. The second-order valence-corrected chi connectivity index (χ2v) is 9.17. The summed E-state index contributed by atoms with van der Waals surface area (Å²) in [6, 6.07) is 13.3. The van der Waals surface area contributed by atoms with Crippen LogP contribution in [0.15, 0.2) is 54.9 Å². The van der Waals surface area contributed by atoms with Crippen molar-refractivity contribution in [1.29, 1.82) is 0 Å². The molecule has 0 saturated carbocycles. The quantitative estimate of drug-likeness (QED) is 0.651. The first-order chi connectivity index (χ1) is 15.2. The van der Waals surface area contributed by atoms with Crippen molar-refractivity contribution in [2.24, 2.45) is 5.92 Å². The fraction of sp³-hybridized carbons (Fsp3) is 0.375. The van der Waals surface area contributed by atoms with Crippen molar-refractivity contribution in [2.75, 3.05) is 18.4 Å². The molecule has 168 valence electrons. The molecular weight excluding hydrogens is 412 g/mol. The van der Waals surface area contributed by atoms with E-state index >= 15 is 0 Å². The van der Waals surface area contributed by atoms with Crippen LogP contribution in [0.5, 0.6) is 0 Å². The van der Waals surface area contributed by atoms with Gasteiger partial charge in [0.05, 0.1) is 12.5 Å². The molecule has 4 rings (SSSR count). The van der Waals surface area contributed by atoms with Crippen LogP contribution in [0.1, 0.15) is 37.8 Å². The maximum atomic E-state index is 14.6. The molecule has 2 atom stereocenters. The lowest BCUT2D eigenvalue weighted by molar-refractivity contribution is -0.120. The molecule has 0 aliphatic carbocycles. The molecule has 1 amide bonds. The Balaban J connectivity index is 1.58. The minimum Gasteiger partial charge on any atom is -0.297 e. The largest absolute Gasteiger partial charge is 0.297 e. The summed E-state index contributed by atoms with van der Waals surface area (Å²) in [4.78, 5) is 19.7. The second-order valence-electron chi connectivity index (χ2n) is 9.17. The molecular formula is C24H27F2N5O. The third kappa shape index (κ3) is 4.70. The summed E-state index contributed by atoms with van der Waals surface area (Å²) >= 11 is 0. The zero-order valence-electron chi connectivity index (χ0n) is 18.4. The van der Waals surface area contributed by atoms with Crippen LogP contribution in [0.3, 0.4) is 0 Å². The first kappa shape index (κ1) is 22.1. The van der Waals surface area contributed by atoms with Gasteiger partial charge in [-0.15, -0.1) is 0 Å². The highest BCUT2D eigenvalue weighted by atomic mass is 19.1. The lowest BCUT2D eigenvalue weighted by atomic mass is 9.88. The van der Waals surface area contributed by atoms with E-state index in [2.05, 4.69) is 41.1 Å². The molecule has 1 aromatic heterocycles. The number of nitrogens with one attached hydrogen (secondary N) is 1. The molecule has 2 aromatic carbocycles. The third-order valence-electron chi connectivity index (χ3n) is 5.99. The number of rotatable bonds is 5. The van der Waals surface area contributed by atoms with Crippen LogP contribution < -0.4 is 5.32 Å². The summed E-state index contributed by atoms with van der Waals surface area (Å²) in [7, 11) is 0. The number of carbonyl (C=O) groups excluding carboxylic acids is 1. The number of amides is 1. The number of nitrogens with zero attached hydrogens (tertiary/aromatic N) is 4. The highest BCUT2D eigenvalue weighted by Crippen LogP contribution is 2.38. The van der Waals surface area contributed by atoms with E-state index < -0.39 is 23.5 Å². The van der Waals surface area contributed by atoms with Gasteiger partial charge in [-0.1, -0.05) is 36.4 Å². The van der Waals surface area contributed by atoms with Crippen molar-refractivity contribution in [3.8, 4) is 0 Å². The van der Waals surface area contributed by atoms with Gasteiger partial charge in [0.15, 0.2) is 0 Å². The molecule has 6 nitrogen and oxygen atoms in total. The smallest absolute Gasteiger partial charge is 0.231 e. The number of carbonyl (C=O) groups is 1. The summed E-state index contributed by atoms with van der Waals surface area (Å²) in [5.74, 6) is -2.10. The molecule has 32 heavy (non-hydrogen) atoms.